The molecule has 0 aromatic carbocycles. The highest BCUT2D eigenvalue weighted by Crippen LogP contribution is 2.27. The van der Waals surface area contributed by atoms with E-state index in [4.69, 9.17) is 4.42 Å². The van der Waals surface area contributed by atoms with Gasteiger partial charge in [0.05, 0.1) is 12.3 Å². The first-order valence-corrected chi connectivity index (χ1v) is 9.49. The predicted octanol–water partition coefficient (Wildman–Crippen LogP) is 3.50. The second-order valence-corrected chi connectivity index (χ2v) is 6.96. The normalized spacial score (nSPS) is 16.4. The molecule has 2 aromatic heterocycles. The molecule has 0 radical (unpaired) electrons. The fourth-order valence-corrected chi connectivity index (χ4v) is 3.98. The van der Waals surface area contributed by atoms with Gasteiger partial charge in [-0.3, -0.25) is 9.89 Å². The molecule has 0 aliphatic carbocycles. The van der Waals surface area contributed by atoms with Gasteiger partial charge in [0, 0.05) is 31.4 Å². The molecule has 3 heterocycles. The van der Waals surface area contributed by atoms with Crippen LogP contribution in [-0.4, -0.2) is 44.1 Å². The molecule has 3 rings (SSSR count). The Balaban J connectivity index is 0.00000225. The molecule has 7 heteroatoms. The Labute approximate surface area is 170 Å². The van der Waals surface area contributed by atoms with Crippen molar-refractivity contribution in [2.75, 3.05) is 33.2 Å². The second-order valence-electron chi connectivity index (χ2n) is 5.98. The van der Waals surface area contributed by atoms with Crippen molar-refractivity contribution >= 4 is 41.3 Å². The first-order chi connectivity index (χ1) is 11.9. The number of rotatable bonds is 7. The van der Waals surface area contributed by atoms with Crippen molar-refractivity contribution < 1.29 is 4.42 Å². The van der Waals surface area contributed by atoms with E-state index >= 15 is 0 Å². The van der Waals surface area contributed by atoms with Gasteiger partial charge in [0.1, 0.15) is 5.76 Å². The van der Waals surface area contributed by atoms with Crippen LogP contribution in [-0.2, 0) is 6.42 Å². The molecule has 138 valence electrons. The summed E-state index contributed by atoms with van der Waals surface area (Å²) in [6.07, 6.45) is 5.17. The third-order valence-electron chi connectivity index (χ3n) is 4.38. The third kappa shape index (κ3) is 6.00. The van der Waals surface area contributed by atoms with Crippen LogP contribution in [0.4, 0.5) is 0 Å². The number of thiophene rings is 1. The summed E-state index contributed by atoms with van der Waals surface area (Å²) in [5.41, 5.74) is 0. The zero-order chi connectivity index (χ0) is 16.6. The molecular weight excluding hydrogens is 447 g/mol. The molecule has 5 nitrogen and oxygen atoms in total. The van der Waals surface area contributed by atoms with Crippen LogP contribution >= 0.6 is 35.3 Å². The molecule has 2 aromatic rings. The van der Waals surface area contributed by atoms with Gasteiger partial charge in [-0.1, -0.05) is 6.07 Å². The van der Waals surface area contributed by atoms with Gasteiger partial charge in [0.2, 0.25) is 0 Å². The first-order valence-electron chi connectivity index (χ1n) is 8.61. The molecule has 0 spiro atoms. The summed E-state index contributed by atoms with van der Waals surface area (Å²) in [6.45, 7) is 4.06. The molecule has 1 fully saturated rings. The molecule has 0 bridgehead atoms. The summed E-state index contributed by atoms with van der Waals surface area (Å²) in [5.74, 6) is 1.84. The zero-order valence-corrected chi connectivity index (χ0v) is 17.8. The van der Waals surface area contributed by atoms with Crippen LogP contribution in [0.2, 0.25) is 0 Å². The second kappa shape index (κ2) is 10.8. The van der Waals surface area contributed by atoms with Crippen molar-refractivity contribution in [1.29, 1.82) is 0 Å². The number of aliphatic imine (C=N–C) groups is 1. The summed E-state index contributed by atoms with van der Waals surface area (Å²) in [5, 5.41) is 9.01. The molecule has 1 saturated heterocycles. The van der Waals surface area contributed by atoms with Crippen molar-refractivity contribution in [2.45, 2.75) is 25.3 Å². The predicted molar refractivity (Wildman–Crippen MR) is 115 cm³/mol. The fourth-order valence-electron chi connectivity index (χ4n) is 3.12. The van der Waals surface area contributed by atoms with Gasteiger partial charge in [-0.2, -0.15) is 0 Å². The number of guanidine groups is 1. The van der Waals surface area contributed by atoms with Crippen molar-refractivity contribution in [3.8, 4) is 0 Å². The Kier molecular flexibility index (Phi) is 8.77. The Bertz CT molecular complexity index is 609. The highest BCUT2D eigenvalue weighted by atomic mass is 127. The molecule has 1 aliphatic heterocycles. The van der Waals surface area contributed by atoms with Crippen LogP contribution < -0.4 is 10.6 Å². The van der Waals surface area contributed by atoms with Gasteiger partial charge in [-0.05, 0) is 49.5 Å². The Morgan fingerprint density at radius 3 is 2.76 bits per heavy atom. The molecule has 1 aliphatic rings. The van der Waals surface area contributed by atoms with Crippen LogP contribution in [0.3, 0.4) is 0 Å². The highest BCUT2D eigenvalue weighted by Gasteiger charge is 2.24. The summed E-state index contributed by atoms with van der Waals surface area (Å²) in [7, 11) is 1.82. The van der Waals surface area contributed by atoms with Gasteiger partial charge in [0.15, 0.2) is 5.96 Å². The lowest BCUT2D eigenvalue weighted by atomic mass is 10.2. The maximum Gasteiger partial charge on any atom is 0.191 e. The average Bonchev–Trinajstić information content (AvgIpc) is 3.35. The van der Waals surface area contributed by atoms with E-state index in [9.17, 15) is 0 Å². The lowest BCUT2D eigenvalue weighted by Crippen LogP contribution is -2.43. The van der Waals surface area contributed by atoms with E-state index < -0.39 is 0 Å². The number of nitrogens with one attached hydrogen (secondary N) is 2. The van der Waals surface area contributed by atoms with E-state index in [2.05, 4.69) is 38.0 Å². The summed E-state index contributed by atoms with van der Waals surface area (Å²) in [4.78, 5) is 8.34. The maximum atomic E-state index is 5.36. The Hall–Kier alpha value is -1.06. The molecule has 2 N–H and O–H groups in total. The van der Waals surface area contributed by atoms with Crippen LogP contribution in [0.5, 0.6) is 0 Å². The quantitative estimate of drug-likeness (QED) is 0.367. The lowest BCUT2D eigenvalue weighted by molar-refractivity contribution is 0.249. The number of likely N-dealkylation sites (tertiary alicyclic amines) is 1. The Morgan fingerprint density at radius 1 is 1.28 bits per heavy atom. The van der Waals surface area contributed by atoms with Crippen LogP contribution in [0.25, 0.3) is 0 Å². The minimum Gasteiger partial charge on any atom is -0.469 e. The van der Waals surface area contributed by atoms with Crippen LogP contribution in [0.15, 0.2) is 45.3 Å². The van der Waals surface area contributed by atoms with Crippen molar-refractivity contribution in [3.63, 3.8) is 0 Å². The van der Waals surface area contributed by atoms with Crippen molar-refractivity contribution in [2.24, 2.45) is 4.99 Å². The SMILES string of the molecule is CN=C(NCCc1ccco1)NCC(c1cccs1)N1CCCC1.I. The number of nitrogens with zero attached hydrogens (tertiary/aromatic N) is 2. The average molecular weight is 474 g/mol. The smallest absolute Gasteiger partial charge is 0.191 e. The number of hydrogen-bond acceptors (Lipinski definition) is 4. The summed E-state index contributed by atoms with van der Waals surface area (Å²) in [6, 6.07) is 8.72. The number of halogens is 1. The monoisotopic (exact) mass is 474 g/mol. The van der Waals surface area contributed by atoms with E-state index in [1.807, 2.05) is 30.5 Å². The summed E-state index contributed by atoms with van der Waals surface area (Å²) >= 11 is 1.84. The van der Waals surface area contributed by atoms with Gasteiger partial charge in [-0.25, -0.2) is 0 Å². The minimum atomic E-state index is 0. The molecule has 0 amide bonds. The van der Waals surface area contributed by atoms with E-state index in [0.717, 1.165) is 31.2 Å². The van der Waals surface area contributed by atoms with E-state index in [1.54, 1.807) is 6.26 Å². The van der Waals surface area contributed by atoms with E-state index in [0.29, 0.717) is 6.04 Å². The maximum absolute atomic E-state index is 5.36. The number of furan rings is 1. The van der Waals surface area contributed by atoms with Crippen LogP contribution in [0.1, 0.15) is 29.5 Å². The van der Waals surface area contributed by atoms with E-state index in [1.165, 1.54) is 30.8 Å². The molecule has 1 unspecified atom stereocenters. The number of hydrogen-bond donors (Lipinski definition) is 2. The van der Waals surface area contributed by atoms with Gasteiger partial charge >= 0.3 is 0 Å². The lowest BCUT2D eigenvalue weighted by Gasteiger charge is -2.27. The highest BCUT2D eigenvalue weighted by molar-refractivity contribution is 14.0. The van der Waals surface area contributed by atoms with Crippen molar-refractivity contribution in [3.05, 3.63) is 46.5 Å². The molecular formula is C18H27IN4OS. The van der Waals surface area contributed by atoms with Crippen LogP contribution in [0, 0.1) is 0 Å². The topological polar surface area (TPSA) is 52.8 Å². The minimum absolute atomic E-state index is 0. The zero-order valence-electron chi connectivity index (χ0n) is 14.6. The molecule has 25 heavy (non-hydrogen) atoms. The van der Waals surface area contributed by atoms with Gasteiger partial charge in [-0.15, -0.1) is 35.3 Å². The molecule has 1 atom stereocenters. The first kappa shape index (κ1) is 20.3. The van der Waals surface area contributed by atoms with Gasteiger partial charge in [0.25, 0.3) is 0 Å². The van der Waals surface area contributed by atoms with Gasteiger partial charge < -0.3 is 15.1 Å². The molecule has 0 saturated carbocycles. The largest absolute Gasteiger partial charge is 0.469 e. The van der Waals surface area contributed by atoms with E-state index in [-0.39, 0.29) is 24.0 Å². The third-order valence-corrected chi connectivity index (χ3v) is 5.36. The fraction of sp³-hybridized carbons (Fsp3) is 0.500. The summed E-state index contributed by atoms with van der Waals surface area (Å²) < 4.78 is 5.36. The van der Waals surface area contributed by atoms with Crippen molar-refractivity contribution in [1.82, 2.24) is 15.5 Å². The Morgan fingerprint density at radius 2 is 2.12 bits per heavy atom. The standard InChI is InChI=1S/C18H26N4OS.HI/c1-19-18(20-9-8-15-6-4-12-23-15)21-14-16(17-7-5-13-24-17)22-10-2-3-11-22;/h4-7,12-13,16H,2-3,8-11,14H2,1H3,(H2,19,20,21);1H.